The highest BCUT2D eigenvalue weighted by molar-refractivity contribution is 6.39. The third-order valence-corrected chi connectivity index (χ3v) is 2.93. The Labute approximate surface area is 138 Å². The van der Waals surface area contributed by atoms with Crippen LogP contribution in [0.15, 0.2) is 47.8 Å². The average molecular weight is 328 g/mol. The van der Waals surface area contributed by atoms with Crippen LogP contribution in [0.3, 0.4) is 0 Å². The molecule has 0 aliphatic rings. The van der Waals surface area contributed by atoms with Crippen LogP contribution in [0.5, 0.6) is 11.5 Å². The number of pyridine rings is 1. The van der Waals surface area contributed by atoms with Crippen LogP contribution in [0.2, 0.25) is 0 Å². The molecule has 1 aromatic carbocycles. The SMILES string of the molecule is COc1ccc(OC)c(NC(=O)C(=O)N/N=C\c2cccnc2)c1. The first-order chi connectivity index (χ1) is 11.6. The van der Waals surface area contributed by atoms with Gasteiger partial charge < -0.3 is 14.8 Å². The maximum Gasteiger partial charge on any atom is 0.329 e. The topological polar surface area (TPSA) is 102 Å². The van der Waals surface area contributed by atoms with Gasteiger partial charge in [0.05, 0.1) is 26.1 Å². The molecule has 0 spiro atoms. The molecule has 2 amide bonds. The van der Waals surface area contributed by atoms with Crippen molar-refractivity contribution in [2.45, 2.75) is 0 Å². The van der Waals surface area contributed by atoms with Crippen molar-refractivity contribution in [3.05, 3.63) is 48.3 Å². The first-order valence-corrected chi connectivity index (χ1v) is 6.90. The number of hydrogen-bond donors (Lipinski definition) is 2. The third-order valence-electron chi connectivity index (χ3n) is 2.93. The maximum atomic E-state index is 11.9. The van der Waals surface area contributed by atoms with E-state index in [-0.39, 0.29) is 0 Å². The standard InChI is InChI=1S/C16H16N4O4/c1-23-12-5-6-14(24-2)13(8-12)19-15(21)16(22)20-18-10-11-4-3-7-17-9-11/h3-10H,1-2H3,(H,19,21)(H,20,22)/b18-10-. The van der Waals surface area contributed by atoms with Crippen LogP contribution in [-0.4, -0.2) is 37.2 Å². The van der Waals surface area contributed by atoms with Gasteiger partial charge in [0.25, 0.3) is 0 Å². The van der Waals surface area contributed by atoms with Crippen molar-refractivity contribution in [1.29, 1.82) is 0 Å². The summed E-state index contributed by atoms with van der Waals surface area (Å²) in [5.41, 5.74) is 3.14. The fourth-order valence-electron chi connectivity index (χ4n) is 1.76. The predicted molar refractivity (Wildman–Crippen MR) is 88.1 cm³/mol. The Morgan fingerprint density at radius 1 is 1.17 bits per heavy atom. The van der Waals surface area contributed by atoms with Gasteiger partial charge in [-0.1, -0.05) is 6.07 Å². The molecule has 0 bridgehead atoms. The summed E-state index contributed by atoms with van der Waals surface area (Å²) in [6, 6.07) is 8.32. The number of anilines is 1. The van der Waals surface area contributed by atoms with Gasteiger partial charge in [0.2, 0.25) is 0 Å². The zero-order valence-electron chi connectivity index (χ0n) is 13.1. The molecular formula is C16H16N4O4. The highest BCUT2D eigenvalue weighted by Crippen LogP contribution is 2.28. The van der Waals surface area contributed by atoms with E-state index in [9.17, 15) is 9.59 Å². The second-order valence-electron chi connectivity index (χ2n) is 4.51. The number of carbonyl (C=O) groups is 2. The number of methoxy groups -OCH3 is 2. The number of nitrogens with one attached hydrogen (secondary N) is 2. The van der Waals surface area contributed by atoms with Crippen molar-refractivity contribution in [2.24, 2.45) is 5.10 Å². The van der Waals surface area contributed by atoms with Crippen LogP contribution in [0.1, 0.15) is 5.56 Å². The lowest BCUT2D eigenvalue weighted by atomic mass is 10.2. The van der Waals surface area contributed by atoms with Crippen LogP contribution >= 0.6 is 0 Å². The Hall–Kier alpha value is -3.42. The Balaban J connectivity index is 1.99. The van der Waals surface area contributed by atoms with E-state index < -0.39 is 11.8 Å². The molecule has 1 aromatic heterocycles. The number of amides is 2. The van der Waals surface area contributed by atoms with Gasteiger partial charge in [-0.3, -0.25) is 14.6 Å². The molecule has 0 radical (unpaired) electrons. The van der Waals surface area contributed by atoms with Crippen molar-refractivity contribution in [2.75, 3.05) is 19.5 Å². The molecule has 2 rings (SSSR count). The lowest BCUT2D eigenvalue weighted by molar-refractivity contribution is -0.136. The van der Waals surface area contributed by atoms with Crippen molar-refractivity contribution in [1.82, 2.24) is 10.4 Å². The molecule has 0 atom stereocenters. The number of nitrogens with zero attached hydrogens (tertiary/aromatic N) is 2. The van der Waals surface area contributed by atoms with Gasteiger partial charge >= 0.3 is 11.8 Å². The minimum atomic E-state index is -0.917. The second kappa shape index (κ2) is 8.28. The van der Waals surface area contributed by atoms with Gasteiger partial charge in [0.15, 0.2) is 0 Å². The average Bonchev–Trinajstić information content (AvgIpc) is 2.62. The van der Waals surface area contributed by atoms with E-state index in [1.54, 1.807) is 42.7 Å². The molecule has 0 fully saturated rings. The first-order valence-electron chi connectivity index (χ1n) is 6.90. The molecule has 8 heteroatoms. The zero-order chi connectivity index (χ0) is 17.4. The molecule has 124 valence electrons. The summed E-state index contributed by atoms with van der Waals surface area (Å²) >= 11 is 0. The molecule has 0 unspecified atom stereocenters. The van der Waals surface area contributed by atoms with Crippen LogP contribution in [0, 0.1) is 0 Å². The Bertz CT molecular complexity index is 747. The maximum absolute atomic E-state index is 11.9. The van der Waals surface area contributed by atoms with Crippen LogP contribution in [-0.2, 0) is 9.59 Å². The summed E-state index contributed by atoms with van der Waals surface area (Å²) in [7, 11) is 2.95. The Kier molecular flexibility index (Phi) is 5.84. The van der Waals surface area contributed by atoms with Crippen molar-refractivity contribution >= 4 is 23.7 Å². The van der Waals surface area contributed by atoms with E-state index in [1.807, 2.05) is 0 Å². The number of hydrogen-bond acceptors (Lipinski definition) is 6. The summed E-state index contributed by atoms with van der Waals surface area (Å²) in [6.07, 6.45) is 4.56. The number of carbonyl (C=O) groups excluding carboxylic acids is 2. The van der Waals surface area contributed by atoms with E-state index in [2.05, 4.69) is 20.8 Å². The number of ether oxygens (including phenoxy) is 2. The fraction of sp³-hybridized carbons (Fsp3) is 0.125. The van der Waals surface area contributed by atoms with E-state index in [1.165, 1.54) is 20.4 Å². The summed E-state index contributed by atoms with van der Waals surface area (Å²) in [5.74, 6) is -0.887. The molecule has 24 heavy (non-hydrogen) atoms. The lowest BCUT2D eigenvalue weighted by Crippen LogP contribution is -2.32. The number of aromatic nitrogens is 1. The summed E-state index contributed by atoms with van der Waals surface area (Å²) in [5, 5.41) is 6.14. The fourth-order valence-corrected chi connectivity index (χ4v) is 1.76. The van der Waals surface area contributed by atoms with Crippen molar-refractivity contribution in [3.63, 3.8) is 0 Å². The second-order valence-corrected chi connectivity index (χ2v) is 4.51. The number of rotatable bonds is 5. The molecule has 0 aliphatic carbocycles. The molecule has 2 aromatic rings. The molecule has 0 saturated carbocycles. The molecule has 0 saturated heterocycles. The zero-order valence-corrected chi connectivity index (χ0v) is 13.1. The highest BCUT2D eigenvalue weighted by Gasteiger charge is 2.15. The van der Waals surface area contributed by atoms with Crippen LogP contribution in [0.4, 0.5) is 5.69 Å². The summed E-state index contributed by atoms with van der Waals surface area (Å²) in [6.45, 7) is 0. The lowest BCUT2D eigenvalue weighted by Gasteiger charge is -2.11. The van der Waals surface area contributed by atoms with E-state index in [4.69, 9.17) is 9.47 Å². The summed E-state index contributed by atoms with van der Waals surface area (Å²) in [4.78, 5) is 27.6. The summed E-state index contributed by atoms with van der Waals surface area (Å²) < 4.78 is 10.2. The van der Waals surface area contributed by atoms with Gasteiger partial charge in [-0.25, -0.2) is 5.43 Å². The van der Waals surface area contributed by atoms with E-state index in [0.717, 1.165) is 0 Å². The van der Waals surface area contributed by atoms with Gasteiger partial charge in [-0.15, -0.1) is 0 Å². The largest absolute Gasteiger partial charge is 0.497 e. The Morgan fingerprint density at radius 2 is 2.00 bits per heavy atom. The Morgan fingerprint density at radius 3 is 2.67 bits per heavy atom. The van der Waals surface area contributed by atoms with Gasteiger partial charge in [-0.05, 0) is 18.2 Å². The monoisotopic (exact) mass is 328 g/mol. The molecule has 2 N–H and O–H groups in total. The smallest absolute Gasteiger partial charge is 0.329 e. The van der Waals surface area contributed by atoms with Gasteiger partial charge in [-0.2, -0.15) is 5.10 Å². The molecule has 0 aliphatic heterocycles. The molecular weight excluding hydrogens is 312 g/mol. The van der Waals surface area contributed by atoms with Crippen molar-refractivity contribution in [3.8, 4) is 11.5 Å². The van der Waals surface area contributed by atoms with Crippen molar-refractivity contribution < 1.29 is 19.1 Å². The van der Waals surface area contributed by atoms with E-state index >= 15 is 0 Å². The quantitative estimate of drug-likeness (QED) is 0.488. The molecule has 8 nitrogen and oxygen atoms in total. The number of hydrazone groups is 1. The predicted octanol–water partition coefficient (Wildman–Crippen LogP) is 1.19. The van der Waals surface area contributed by atoms with E-state index in [0.29, 0.717) is 22.7 Å². The first kappa shape index (κ1) is 16.9. The minimum absolute atomic E-state index is 0.313. The third kappa shape index (κ3) is 4.54. The van der Waals surface area contributed by atoms with Crippen LogP contribution in [0.25, 0.3) is 0 Å². The normalized spacial score (nSPS) is 10.2. The minimum Gasteiger partial charge on any atom is -0.497 e. The van der Waals surface area contributed by atoms with Gasteiger partial charge in [0, 0.05) is 24.0 Å². The highest BCUT2D eigenvalue weighted by atomic mass is 16.5. The van der Waals surface area contributed by atoms with Crippen LogP contribution < -0.4 is 20.2 Å². The molecule has 1 heterocycles. The van der Waals surface area contributed by atoms with Gasteiger partial charge in [0.1, 0.15) is 11.5 Å². The number of benzene rings is 1.